The van der Waals surface area contributed by atoms with Gasteiger partial charge in [0.1, 0.15) is 0 Å². The zero-order chi connectivity index (χ0) is 14.5. The van der Waals surface area contributed by atoms with Crippen LogP contribution in [-0.2, 0) is 0 Å². The van der Waals surface area contributed by atoms with Gasteiger partial charge < -0.3 is 10.7 Å². The number of rotatable bonds is 4. The Morgan fingerprint density at radius 2 is 2.10 bits per heavy atom. The number of hydrogen-bond acceptors (Lipinski definition) is 4. The summed E-state index contributed by atoms with van der Waals surface area (Å²) < 4.78 is 0. The first-order valence-electron chi connectivity index (χ1n) is 7.06. The second-order valence-corrected chi connectivity index (χ2v) is 6.41. The van der Waals surface area contributed by atoms with Gasteiger partial charge in [0.15, 0.2) is 0 Å². The predicted molar refractivity (Wildman–Crippen MR) is 86.0 cm³/mol. The number of nitrogens with two attached hydrogens (primary N) is 1. The van der Waals surface area contributed by atoms with Gasteiger partial charge in [-0.15, -0.1) is 0 Å². The summed E-state index contributed by atoms with van der Waals surface area (Å²) in [6.45, 7) is 1.98. The molecule has 5 heteroatoms. The maximum absolute atomic E-state index is 12.4. The number of carbonyl (C=O) groups excluding carboxylic acids is 1. The highest BCUT2D eigenvalue weighted by molar-refractivity contribution is 7.99. The van der Waals surface area contributed by atoms with E-state index in [-0.39, 0.29) is 11.9 Å². The van der Waals surface area contributed by atoms with Gasteiger partial charge in [-0.2, -0.15) is 11.8 Å². The summed E-state index contributed by atoms with van der Waals surface area (Å²) in [5.41, 5.74) is 4.99. The minimum Gasteiger partial charge on any atom is -0.348 e. The summed E-state index contributed by atoms with van der Waals surface area (Å²) in [4.78, 5) is 12.4. The SMILES string of the molecule is CSC1CCCCC1NC(=O)c1ccc(C)cc1NN. The second-order valence-electron chi connectivity index (χ2n) is 5.33. The van der Waals surface area contributed by atoms with Gasteiger partial charge >= 0.3 is 0 Å². The fourth-order valence-electron chi connectivity index (χ4n) is 2.77. The molecule has 2 unspecified atom stereocenters. The molecule has 1 fully saturated rings. The van der Waals surface area contributed by atoms with Gasteiger partial charge in [0.2, 0.25) is 0 Å². The maximum Gasteiger partial charge on any atom is 0.253 e. The lowest BCUT2D eigenvalue weighted by Crippen LogP contribution is -2.43. The Bertz CT molecular complexity index is 478. The Hall–Kier alpha value is -1.20. The van der Waals surface area contributed by atoms with Crippen molar-refractivity contribution in [1.82, 2.24) is 5.32 Å². The summed E-state index contributed by atoms with van der Waals surface area (Å²) in [6, 6.07) is 5.92. The molecule has 0 aromatic heterocycles. The fraction of sp³-hybridized carbons (Fsp3) is 0.533. The lowest BCUT2D eigenvalue weighted by molar-refractivity contribution is 0.0930. The van der Waals surface area contributed by atoms with E-state index in [1.54, 1.807) is 0 Å². The summed E-state index contributed by atoms with van der Waals surface area (Å²) in [5, 5.41) is 3.70. The van der Waals surface area contributed by atoms with Gasteiger partial charge in [-0.05, 0) is 43.7 Å². The zero-order valence-electron chi connectivity index (χ0n) is 12.1. The van der Waals surface area contributed by atoms with E-state index in [0.29, 0.717) is 16.5 Å². The largest absolute Gasteiger partial charge is 0.348 e. The molecule has 2 atom stereocenters. The Balaban J connectivity index is 2.11. The number of amides is 1. The number of aryl methyl sites for hydroxylation is 1. The monoisotopic (exact) mass is 293 g/mol. The molecule has 2 rings (SSSR count). The summed E-state index contributed by atoms with van der Waals surface area (Å²) in [7, 11) is 0. The van der Waals surface area contributed by atoms with Crippen LogP contribution in [0.3, 0.4) is 0 Å². The molecular formula is C15H23N3OS. The number of benzene rings is 1. The molecule has 20 heavy (non-hydrogen) atoms. The minimum absolute atomic E-state index is 0.0381. The molecule has 1 aliphatic rings. The molecule has 110 valence electrons. The van der Waals surface area contributed by atoms with Crippen LogP contribution in [0.4, 0.5) is 5.69 Å². The molecule has 1 aliphatic carbocycles. The number of carbonyl (C=O) groups is 1. The number of anilines is 1. The smallest absolute Gasteiger partial charge is 0.253 e. The van der Waals surface area contributed by atoms with E-state index in [2.05, 4.69) is 17.0 Å². The van der Waals surface area contributed by atoms with E-state index in [0.717, 1.165) is 12.0 Å². The normalized spacial score (nSPS) is 22.4. The number of nitrogen functional groups attached to an aromatic ring is 1. The Morgan fingerprint density at radius 1 is 1.35 bits per heavy atom. The van der Waals surface area contributed by atoms with Crippen LogP contribution in [0.25, 0.3) is 0 Å². The van der Waals surface area contributed by atoms with Crippen molar-refractivity contribution in [2.45, 2.75) is 43.9 Å². The van der Waals surface area contributed by atoms with Crippen LogP contribution < -0.4 is 16.6 Å². The molecule has 0 aliphatic heterocycles. The van der Waals surface area contributed by atoms with Crippen LogP contribution in [0.5, 0.6) is 0 Å². The van der Waals surface area contributed by atoms with Crippen LogP contribution in [0.15, 0.2) is 18.2 Å². The van der Waals surface area contributed by atoms with E-state index in [1.807, 2.05) is 36.9 Å². The van der Waals surface area contributed by atoms with Gasteiger partial charge in [-0.25, -0.2) is 0 Å². The van der Waals surface area contributed by atoms with Gasteiger partial charge in [0.25, 0.3) is 5.91 Å². The van der Waals surface area contributed by atoms with Crippen molar-refractivity contribution in [2.75, 3.05) is 11.7 Å². The molecule has 0 spiro atoms. The van der Waals surface area contributed by atoms with Crippen molar-refractivity contribution in [3.8, 4) is 0 Å². The average Bonchev–Trinajstić information content (AvgIpc) is 2.47. The molecule has 1 aromatic rings. The van der Waals surface area contributed by atoms with Crippen molar-refractivity contribution in [3.05, 3.63) is 29.3 Å². The lowest BCUT2D eigenvalue weighted by atomic mass is 9.94. The lowest BCUT2D eigenvalue weighted by Gasteiger charge is -2.31. The molecule has 1 saturated carbocycles. The van der Waals surface area contributed by atoms with Gasteiger partial charge in [0.05, 0.1) is 11.3 Å². The van der Waals surface area contributed by atoms with Crippen molar-refractivity contribution >= 4 is 23.4 Å². The topological polar surface area (TPSA) is 67.2 Å². The van der Waals surface area contributed by atoms with Crippen molar-refractivity contribution in [3.63, 3.8) is 0 Å². The third-order valence-corrected chi connectivity index (χ3v) is 5.07. The molecule has 0 radical (unpaired) electrons. The minimum atomic E-state index is -0.0381. The van der Waals surface area contributed by atoms with E-state index >= 15 is 0 Å². The molecule has 0 bridgehead atoms. The molecule has 1 amide bonds. The third-order valence-electron chi connectivity index (χ3n) is 3.90. The predicted octanol–water partition coefficient (Wildman–Crippen LogP) is 2.68. The van der Waals surface area contributed by atoms with Gasteiger partial charge in [-0.1, -0.05) is 18.9 Å². The first-order valence-corrected chi connectivity index (χ1v) is 8.35. The average molecular weight is 293 g/mol. The summed E-state index contributed by atoms with van der Waals surface area (Å²) in [5.74, 6) is 5.47. The molecule has 1 aromatic carbocycles. The summed E-state index contributed by atoms with van der Waals surface area (Å²) in [6.07, 6.45) is 6.82. The standard InChI is InChI=1S/C15H23N3OS/c1-10-7-8-11(13(9-10)18-16)15(19)17-12-5-3-4-6-14(12)20-2/h7-9,12,14,18H,3-6,16H2,1-2H3,(H,17,19). The van der Waals surface area contributed by atoms with Crippen LogP contribution in [0.1, 0.15) is 41.6 Å². The van der Waals surface area contributed by atoms with Crippen LogP contribution in [0, 0.1) is 6.92 Å². The highest BCUT2D eigenvalue weighted by Crippen LogP contribution is 2.27. The number of hydrazine groups is 1. The Kier molecular flexibility index (Phi) is 5.31. The van der Waals surface area contributed by atoms with E-state index in [4.69, 9.17) is 5.84 Å². The van der Waals surface area contributed by atoms with Crippen molar-refractivity contribution in [1.29, 1.82) is 0 Å². The van der Waals surface area contributed by atoms with Gasteiger partial charge in [-0.3, -0.25) is 10.6 Å². The zero-order valence-corrected chi connectivity index (χ0v) is 12.9. The highest BCUT2D eigenvalue weighted by Gasteiger charge is 2.26. The van der Waals surface area contributed by atoms with Crippen molar-refractivity contribution in [2.24, 2.45) is 5.84 Å². The third kappa shape index (κ3) is 3.46. The number of nitrogens with one attached hydrogen (secondary N) is 2. The molecular weight excluding hydrogens is 270 g/mol. The molecule has 4 nitrogen and oxygen atoms in total. The van der Waals surface area contributed by atoms with E-state index in [1.165, 1.54) is 19.3 Å². The first-order chi connectivity index (χ1) is 9.65. The fourth-order valence-corrected chi connectivity index (χ4v) is 3.70. The summed E-state index contributed by atoms with van der Waals surface area (Å²) >= 11 is 1.85. The number of hydrogen-bond donors (Lipinski definition) is 3. The maximum atomic E-state index is 12.4. The quantitative estimate of drug-likeness (QED) is 0.590. The Labute approximate surface area is 124 Å². The first kappa shape index (κ1) is 15.2. The van der Waals surface area contributed by atoms with E-state index in [9.17, 15) is 4.79 Å². The second kappa shape index (κ2) is 6.99. The van der Waals surface area contributed by atoms with Crippen LogP contribution in [0.2, 0.25) is 0 Å². The molecule has 0 heterocycles. The highest BCUT2D eigenvalue weighted by atomic mass is 32.2. The Morgan fingerprint density at radius 3 is 2.80 bits per heavy atom. The molecule has 4 N–H and O–H groups in total. The van der Waals surface area contributed by atoms with Crippen LogP contribution in [-0.4, -0.2) is 23.5 Å². The van der Waals surface area contributed by atoms with Crippen LogP contribution >= 0.6 is 11.8 Å². The van der Waals surface area contributed by atoms with E-state index < -0.39 is 0 Å². The number of thioether (sulfide) groups is 1. The van der Waals surface area contributed by atoms with Gasteiger partial charge in [0, 0.05) is 11.3 Å². The van der Waals surface area contributed by atoms with Crippen molar-refractivity contribution < 1.29 is 4.79 Å². The molecule has 0 saturated heterocycles.